The molecule has 0 fully saturated rings. The zero-order valence-corrected chi connectivity index (χ0v) is 10.2. The van der Waals surface area contributed by atoms with E-state index in [2.05, 4.69) is 5.32 Å². The lowest BCUT2D eigenvalue weighted by Crippen LogP contribution is -2.27. The van der Waals surface area contributed by atoms with Gasteiger partial charge in [0.1, 0.15) is 17.4 Å². The van der Waals surface area contributed by atoms with Gasteiger partial charge in [0, 0.05) is 12.5 Å². The molecule has 0 aromatic heterocycles. The van der Waals surface area contributed by atoms with Crippen molar-refractivity contribution in [3.05, 3.63) is 29.6 Å². The maximum Gasteiger partial charge on any atom is 0.225 e. The first-order chi connectivity index (χ1) is 8.58. The zero-order chi connectivity index (χ0) is 13.5. The van der Waals surface area contributed by atoms with Crippen LogP contribution in [0.15, 0.2) is 18.2 Å². The monoisotopic (exact) mass is 249 g/mol. The summed E-state index contributed by atoms with van der Waals surface area (Å²) >= 11 is 0. The van der Waals surface area contributed by atoms with Gasteiger partial charge in [-0.2, -0.15) is 5.26 Å². The molecule has 96 valence electrons. The molecule has 3 N–H and O–H groups in total. The molecule has 1 atom stereocenters. The van der Waals surface area contributed by atoms with Crippen LogP contribution in [0.2, 0.25) is 0 Å². The van der Waals surface area contributed by atoms with Gasteiger partial charge in [-0.05, 0) is 18.6 Å². The average Bonchev–Trinajstić information content (AvgIpc) is 2.29. The van der Waals surface area contributed by atoms with Gasteiger partial charge in [0.05, 0.1) is 5.69 Å². The molecule has 1 aromatic carbocycles. The summed E-state index contributed by atoms with van der Waals surface area (Å²) in [6.07, 6.45) is 1.81. The summed E-state index contributed by atoms with van der Waals surface area (Å²) in [5.41, 5.74) is 5.77. The van der Waals surface area contributed by atoms with Crippen molar-refractivity contribution in [1.82, 2.24) is 0 Å². The minimum Gasteiger partial charge on any atom is -0.327 e. The highest BCUT2D eigenvalue weighted by Crippen LogP contribution is 2.18. The van der Waals surface area contributed by atoms with Crippen LogP contribution in [-0.2, 0) is 4.79 Å². The Bertz CT molecular complexity index is 468. The Morgan fingerprint density at radius 1 is 1.61 bits per heavy atom. The maximum atomic E-state index is 13.3. The Morgan fingerprint density at radius 3 is 2.94 bits per heavy atom. The molecule has 0 aliphatic heterocycles. The number of hydrogen-bond donors (Lipinski definition) is 2. The molecule has 4 nitrogen and oxygen atoms in total. The van der Waals surface area contributed by atoms with E-state index < -0.39 is 5.82 Å². The van der Waals surface area contributed by atoms with Gasteiger partial charge in [0.25, 0.3) is 0 Å². The van der Waals surface area contributed by atoms with E-state index in [1.165, 1.54) is 18.2 Å². The number of hydrogen-bond acceptors (Lipinski definition) is 3. The number of nitriles is 1. The number of halogens is 1. The Balaban J connectivity index is 2.71. The number of nitrogens with zero attached hydrogens (tertiary/aromatic N) is 1. The number of carbonyl (C=O) groups is 1. The molecule has 0 aliphatic rings. The minimum absolute atomic E-state index is 0.157. The minimum atomic E-state index is -0.645. The first-order valence-corrected chi connectivity index (χ1v) is 5.82. The van der Waals surface area contributed by atoms with Crippen molar-refractivity contribution in [3.63, 3.8) is 0 Å². The number of benzene rings is 1. The number of carbonyl (C=O) groups excluding carboxylic acids is 1. The van der Waals surface area contributed by atoms with Crippen molar-refractivity contribution in [2.45, 2.75) is 32.2 Å². The van der Waals surface area contributed by atoms with Gasteiger partial charge in [-0.25, -0.2) is 4.39 Å². The normalized spacial score (nSPS) is 11.7. The van der Waals surface area contributed by atoms with E-state index in [1.807, 2.05) is 6.92 Å². The average molecular weight is 249 g/mol. The lowest BCUT2D eigenvalue weighted by Gasteiger charge is -2.11. The molecule has 0 saturated heterocycles. The van der Waals surface area contributed by atoms with Gasteiger partial charge < -0.3 is 11.1 Å². The molecule has 1 rings (SSSR count). The van der Waals surface area contributed by atoms with Crippen LogP contribution < -0.4 is 11.1 Å². The van der Waals surface area contributed by atoms with E-state index in [0.717, 1.165) is 12.8 Å². The van der Waals surface area contributed by atoms with Crippen molar-refractivity contribution in [3.8, 4) is 6.07 Å². The molecule has 0 aliphatic carbocycles. The Hall–Kier alpha value is -1.93. The SMILES string of the molecule is CCCC(N)CC(=O)Nc1cccc(F)c1C#N. The third-order valence-electron chi connectivity index (χ3n) is 2.51. The van der Waals surface area contributed by atoms with Gasteiger partial charge in [0.15, 0.2) is 0 Å². The molecule has 1 aromatic rings. The molecule has 18 heavy (non-hydrogen) atoms. The predicted molar refractivity (Wildman–Crippen MR) is 67.2 cm³/mol. The fourth-order valence-corrected chi connectivity index (χ4v) is 1.65. The topological polar surface area (TPSA) is 78.9 Å². The molecule has 1 unspecified atom stereocenters. The number of nitrogens with two attached hydrogens (primary N) is 1. The van der Waals surface area contributed by atoms with Crippen molar-refractivity contribution < 1.29 is 9.18 Å². The van der Waals surface area contributed by atoms with Gasteiger partial charge in [-0.1, -0.05) is 19.4 Å². The van der Waals surface area contributed by atoms with Crippen LogP contribution in [0.4, 0.5) is 10.1 Å². The van der Waals surface area contributed by atoms with Crippen molar-refractivity contribution in [2.75, 3.05) is 5.32 Å². The lowest BCUT2D eigenvalue weighted by atomic mass is 10.1. The first-order valence-electron chi connectivity index (χ1n) is 5.82. The van der Waals surface area contributed by atoms with Gasteiger partial charge >= 0.3 is 0 Å². The Kier molecular flexibility index (Phi) is 5.28. The third-order valence-corrected chi connectivity index (χ3v) is 2.51. The van der Waals surface area contributed by atoms with Crippen molar-refractivity contribution in [2.24, 2.45) is 5.73 Å². The first kappa shape index (κ1) is 14.1. The van der Waals surface area contributed by atoms with Crippen molar-refractivity contribution >= 4 is 11.6 Å². The van der Waals surface area contributed by atoms with Crippen LogP contribution in [-0.4, -0.2) is 11.9 Å². The molecule has 5 heteroatoms. The van der Waals surface area contributed by atoms with Crippen LogP contribution in [0, 0.1) is 17.1 Å². The molecule has 1 amide bonds. The summed E-state index contributed by atoms with van der Waals surface area (Å²) in [4.78, 5) is 11.7. The van der Waals surface area contributed by atoms with Crippen LogP contribution in [0.3, 0.4) is 0 Å². The second-order valence-corrected chi connectivity index (χ2v) is 4.08. The number of anilines is 1. The summed E-state index contributed by atoms with van der Waals surface area (Å²) in [5, 5.41) is 11.3. The highest BCUT2D eigenvalue weighted by Gasteiger charge is 2.13. The van der Waals surface area contributed by atoms with Crippen LogP contribution >= 0.6 is 0 Å². The Morgan fingerprint density at radius 2 is 2.33 bits per heavy atom. The molecule has 0 radical (unpaired) electrons. The standard InChI is InChI=1S/C13H16FN3O/c1-2-4-9(16)7-13(18)17-12-6-3-5-11(14)10(12)8-15/h3,5-6,9H,2,4,7,16H2,1H3,(H,17,18). The van der Waals surface area contributed by atoms with Crippen LogP contribution in [0.5, 0.6) is 0 Å². The number of rotatable bonds is 5. The van der Waals surface area contributed by atoms with Crippen LogP contribution in [0.1, 0.15) is 31.7 Å². The summed E-state index contributed by atoms with van der Waals surface area (Å²) in [6.45, 7) is 1.98. The third kappa shape index (κ3) is 3.82. The fourth-order valence-electron chi connectivity index (χ4n) is 1.65. The van der Waals surface area contributed by atoms with E-state index in [1.54, 1.807) is 6.07 Å². The van der Waals surface area contributed by atoms with Crippen LogP contribution in [0.25, 0.3) is 0 Å². The highest BCUT2D eigenvalue weighted by atomic mass is 19.1. The molecule has 0 spiro atoms. The van der Waals surface area contributed by atoms with Gasteiger partial charge in [-0.3, -0.25) is 4.79 Å². The molecular weight excluding hydrogens is 233 g/mol. The lowest BCUT2D eigenvalue weighted by molar-refractivity contribution is -0.116. The summed E-state index contributed by atoms with van der Waals surface area (Å²) < 4.78 is 13.3. The number of amides is 1. The molecule has 0 saturated carbocycles. The summed E-state index contributed by atoms with van der Waals surface area (Å²) in [6, 6.07) is 5.62. The van der Waals surface area contributed by atoms with E-state index in [4.69, 9.17) is 11.0 Å². The quantitative estimate of drug-likeness (QED) is 0.839. The zero-order valence-electron chi connectivity index (χ0n) is 10.2. The Labute approximate surface area is 106 Å². The molecule has 0 bridgehead atoms. The highest BCUT2D eigenvalue weighted by molar-refractivity contribution is 5.92. The number of nitrogens with one attached hydrogen (secondary N) is 1. The smallest absolute Gasteiger partial charge is 0.225 e. The molecular formula is C13H16FN3O. The largest absolute Gasteiger partial charge is 0.327 e. The second-order valence-electron chi connectivity index (χ2n) is 4.08. The van der Waals surface area contributed by atoms with Gasteiger partial charge in [0.2, 0.25) is 5.91 Å². The van der Waals surface area contributed by atoms with E-state index in [0.29, 0.717) is 0 Å². The summed E-state index contributed by atoms with van der Waals surface area (Å²) in [5.74, 6) is -0.953. The van der Waals surface area contributed by atoms with E-state index in [9.17, 15) is 9.18 Å². The fraction of sp³-hybridized carbons (Fsp3) is 0.385. The predicted octanol–water partition coefficient (Wildman–Crippen LogP) is 2.15. The second kappa shape index (κ2) is 6.72. The van der Waals surface area contributed by atoms with E-state index in [-0.39, 0.29) is 29.6 Å². The summed E-state index contributed by atoms with van der Waals surface area (Å²) in [7, 11) is 0. The molecule has 0 heterocycles. The van der Waals surface area contributed by atoms with Crippen molar-refractivity contribution in [1.29, 1.82) is 5.26 Å². The van der Waals surface area contributed by atoms with Gasteiger partial charge in [-0.15, -0.1) is 0 Å². The maximum absolute atomic E-state index is 13.3. The van der Waals surface area contributed by atoms with E-state index >= 15 is 0 Å².